The number of H-pyrrole nitrogens is 1. The molecule has 5 nitrogen and oxygen atoms in total. The van der Waals surface area contributed by atoms with Crippen LogP contribution >= 0.6 is 0 Å². The van der Waals surface area contributed by atoms with Gasteiger partial charge in [0, 0.05) is 29.1 Å². The van der Waals surface area contributed by atoms with E-state index in [-0.39, 0.29) is 6.42 Å². The number of nitrogens with one attached hydrogen (secondary N) is 1. The smallest absolute Gasteiger partial charge is 0.307 e. The Morgan fingerprint density at radius 3 is 2.92 bits per heavy atom. The Balaban J connectivity index is 1.82. The lowest BCUT2D eigenvalue weighted by atomic mass is 10.0. The summed E-state index contributed by atoms with van der Waals surface area (Å²) >= 11 is 0. The number of carboxylic acid groups (broad SMARTS) is 1. The van der Waals surface area contributed by atoms with Gasteiger partial charge in [0.15, 0.2) is 0 Å². The maximum Gasteiger partial charge on any atom is 0.307 e. The Morgan fingerprint density at radius 1 is 1.29 bits per heavy atom. The van der Waals surface area contributed by atoms with Gasteiger partial charge in [-0.25, -0.2) is 4.98 Å². The first-order chi connectivity index (χ1) is 11.6. The highest BCUT2D eigenvalue weighted by molar-refractivity contribution is 5.89. The molecular weight excluding hydrogens is 304 g/mol. The van der Waals surface area contributed by atoms with Gasteiger partial charge in [-0.05, 0) is 36.2 Å². The van der Waals surface area contributed by atoms with Crippen LogP contribution in [0.1, 0.15) is 22.6 Å². The topological polar surface area (TPSA) is 79.1 Å². The number of rotatable bonds is 4. The summed E-state index contributed by atoms with van der Waals surface area (Å²) in [5, 5.41) is 11.1. The van der Waals surface area contributed by atoms with Gasteiger partial charge in [0.2, 0.25) is 0 Å². The van der Waals surface area contributed by atoms with Crippen LogP contribution in [0, 0.1) is 6.92 Å². The van der Waals surface area contributed by atoms with Crippen LogP contribution in [0.25, 0.3) is 22.0 Å². The van der Waals surface area contributed by atoms with E-state index < -0.39 is 5.97 Å². The van der Waals surface area contributed by atoms with Crippen molar-refractivity contribution in [2.45, 2.75) is 19.8 Å². The molecule has 0 unspecified atom stereocenters. The molecule has 4 rings (SSSR count). The fraction of sp³-hybridized carbons (Fsp3) is 0.158. The van der Waals surface area contributed by atoms with Gasteiger partial charge < -0.3 is 14.5 Å². The lowest BCUT2D eigenvalue weighted by Gasteiger charge is -2.04. The van der Waals surface area contributed by atoms with Crippen molar-refractivity contribution in [3.05, 3.63) is 65.2 Å². The summed E-state index contributed by atoms with van der Waals surface area (Å²) in [6.45, 7) is 1.88. The quantitative estimate of drug-likeness (QED) is 0.599. The molecule has 0 aliphatic carbocycles. The second-order valence-corrected chi connectivity index (χ2v) is 5.92. The first kappa shape index (κ1) is 14.5. The molecule has 0 bridgehead atoms. The van der Waals surface area contributed by atoms with Crippen LogP contribution in [-0.2, 0) is 17.6 Å². The number of aryl methyl sites for hydroxylation is 1. The Bertz CT molecular complexity index is 1030. The second kappa shape index (κ2) is 5.53. The minimum atomic E-state index is -0.849. The molecular formula is C19H16N2O3. The van der Waals surface area contributed by atoms with Gasteiger partial charge in [-0.2, -0.15) is 0 Å². The summed E-state index contributed by atoms with van der Waals surface area (Å²) in [6.07, 6.45) is 2.31. The first-order valence-electron chi connectivity index (χ1n) is 7.76. The Morgan fingerprint density at radius 2 is 2.12 bits per heavy atom. The van der Waals surface area contributed by atoms with Crippen LogP contribution in [0.3, 0.4) is 0 Å². The third-order valence-electron chi connectivity index (χ3n) is 4.27. The number of nitrogens with zero attached hydrogens (tertiary/aromatic N) is 1. The van der Waals surface area contributed by atoms with Crippen molar-refractivity contribution in [3.63, 3.8) is 0 Å². The van der Waals surface area contributed by atoms with Crippen LogP contribution < -0.4 is 0 Å². The van der Waals surface area contributed by atoms with E-state index in [1.165, 1.54) is 0 Å². The molecule has 0 fully saturated rings. The minimum absolute atomic E-state index is 0.0232. The summed E-state index contributed by atoms with van der Waals surface area (Å²) in [6, 6.07) is 11.8. The van der Waals surface area contributed by atoms with Crippen LogP contribution in [0.15, 0.2) is 47.0 Å². The number of aromatic amines is 1. The van der Waals surface area contributed by atoms with Crippen molar-refractivity contribution in [2.75, 3.05) is 0 Å². The average molecular weight is 320 g/mol. The van der Waals surface area contributed by atoms with Crippen LogP contribution in [-0.4, -0.2) is 21.0 Å². The van der Waals surface area contributed by atoms with Crippen molar-refractivity contribution < 1.29 is 14.3 Å². The summed E-state index contributed by atoms with van der Waals surface area (Å²) in [7, 11) is 0. The van der Waals surface area contributed by atoms with Gasteiger partial charge in [0.05, 0.1) is 6.42 Å². The summed E-state index contributed by atoms with van der Waals surface area (Å²) in [5.41, 5.74) is 4.22. The molecule has 0 spiro atoms. The summed E-state index contributed by atoms with van der Waals surface area (Å²) in [4.78, 5) is 18.7. The Hall–Kier alpha value is -3.08. The highest BCUT2D eigenvalue weighted by atomic mass is 16.4. The molecule has 120 valence electrons. The van der Waals surface area contributed by atoms with Gasteiger partial charge in [0.25, 0.3) is 0 Å². The molecule has 5 heteroatoms. The van der Waals surface area contributed by atoms with E-state index in [2.05, 4.69) is 9.97 Å². The monoisotopic (exact) mass is 320 g/mol. The zero-order chi connectivity index (χ0) is 16.7. The number of furan rings is 1. The van der Waals surface area contributed by atoms with E-state index in [0.717, 1.165) is 44.6 Å². The number of pyridine rings is 1. The van der Waals surface area contributed by atoms with Gasteiger partial charge in [0.1, 0.15) is 17.0 Å². The van der Waals surface area contributed by atoms with E-state index >= 15 is 0 Å². The average Bonchev–Trinajstić information content (AvgIpc) is 3.08. The van der Waals surface area contributed by atoms with Crippen molar-refractivity contribution in [1.82, 2.24) is 9.97 Å². The van der Waals surface area contributed by atoms with Gasteiger partial charge in [-0.15, -0.1) is 0 Å². The van der Waals surface area contributed by atoms with Crippen LogP contribution in [0.4, 0.5) is 0 Å². The predicted octanol–water partition coefficient (Wildman–Crippen LogP) is 3.84. The lowest BCUT2D eigenvalue weighted by molar-refractivity contribution is -0.136. The van der Waals surface area contributed by atoms with Gasteiger partial charge in [-0.1, -0.05) is 18.2 Å². The third kappa shape index (κ3) is 2.44. The molecule has 0 aliphatic rings. The van der Waals surface area contributed by atoms with Gasteiger partial charge >= 0.3 is 5.97 Å². The molecule has 0 amide bonds. The largest absolute Gasteiger partial charge is 0.481 e. The maximum atomic E-state index is 11.2. The molecule has 24 heavy (non-hydrogen) atoms. The molecule has 2 N–H and O–H groups in total. The van der Waals surface area contributed by atoms with Crippen LogP contribution in [0.5, 0.6) is 0 Å². The summed E-state index contributed by atoms with van der Waals surface area (Å²) in [5.74, 6) is 0.00127. The molecule has 3 aromatic heterocycles. The minimum Gasteiger partial charge on any atom is -0.481 e. The van der Waals surface area contributed by atoms with E-state index in [0.29, 0.717) is 6.42 Å². The second-order valence-electron chi connectivity index (χ2n) is 5.92. The predicted molar refractivity (Wildman–Crippen MR) is 91.2 cm³/mol. The standard InChI is InChI=1S/C19H16N2O3/c1-11-15(10-17(22)23)18-13(6-7-20-19(18)21-11)9-14-8-12-4-2-3-5-16(12)24-14/h2-8H,9-10H2,1H3,(H,20,21)(H,22,23). The Kier molecular flexibility index (Phi) is 3.34. The zero-order valence-corrected chi connectivity index (χ0v) is 13.2. The fourth-order valence-electron chi connectivity index (χ4n) is 3.20. The first-order valence-corrected chi connectivity index (χ1v) is 7.76. The maximum absolute atomic E-state index is 11.2. The number of hydrogen-bond donors (Lipinski definition) is 2. The molecule has 0 aliphatic heterocycles. The molecule has 0 radical (unpaired) electrons. The number of fused-ring (bicyclic) bond motifs is 2. The highest BCUT2D eigenvalue weighted by Gasteiger charge is 2.17. The van der Waals surface area contributed by atoms with E-state index in [4.69, 9.17) is 4.42 Å². The number of aromatic nitrogens is 2. The van der Waals surface area contributed by atoms with Crippen molar-refractivity contribution in [1.29, 1.82) is 0 Å². The molecule has 0 saturated carbocycles. The van der Waals surface area contributed by atoms with E-state index in [1.54, 1.807) is 6.20 Å². The normalized spacial score (nSPS) is 11.4. The fourth-order valence-corrected chi connectivity index (χ4v) is 3.20. The van der Waals surface area contributed by atoms with Crippen molar-refractivity contribution >= 4 is 28.0 Å². The molecule has 4 aromatic rings. The lowest BCUT2D eigenvalue weighted by Crippen LogP contribution is -2.02. The summed E-state index contributed by atoms with van der Waals surface area (Å²) < 4.78 is 5.90. The van der Waals surface area contributed by atoms with Crippen molar-refractivity contribution in [2.24, 2.45) is 0 Å². The molecule has 3 heterocycles. The SMILES string of the molecule is Cc1[nH]c2nccc(Cc3cc4ccccc4o3)c2c1CC(=O)O. The number of para-hydroxylation sites is 1. The molecule has 0 atom stereocenters. The van der Waals surface area contributed by atoms with Crippen molar-refractivity contribution in [3.8, 4) is 0 Å². The number of benzene rings is 1. The third-order valence-corrected chi connectivity index (χ3v) is 4.27. The van der Waals surface area contributed by atoms with E-state index in [9.17, 15) is 9.90 Å². The van der Waals surface area contributed by atoms with Crippen LogP contribution in [0.2, 0.25) is 0 Å². The Labute approximate surface area is 137 Å². The zero-order valence-electron chi connectivity index (χ0n) is 13.2. The molecule has 1 aromatic carbocycles. The highest BCUT2D eigenvalue weighted by Crippen LogP contribution is 2.28. The molecule has 0 saturated heterocycles. The number of aliphatic carboxylic acids is 1. The number of hydrogen-bond acceptors (Lipinski definition) is 3. The number of carbonyl (C=O) groups is 1. The van der Waals surface area contributed by atoms with E-state index in [1.807, 2.05) is 43.3 Å². The number of carboxylic acids is 1. The van der Waals surface area contributed by atoms with Gasteiger partial charge in [-0.3, -0.25) is 4.79 Å².